The molecule has 0 saturated carbocycles. The Kier molecular flexibility index (Phi) is 6.14. The normalized spacial score (nSPS) is 12.4. The highest BCUT2D eigenvalue weighted by atomic mass is 32.2. The fraction of sp³-hybridized carbons (Fsp3) is 0.600. The lowest BCUT2D eigenvalue weighted by Crippen LogP contribution is -2.18. The van der Waals surface area contributed by atoms with Gasteiger partial charge in [-0.05, 0) is 24.8 Å². The number of methoxy groups -OCH3 is 1. The molecular weight excluding hydrogens is 226 g/mol. The molecule has 0 aliphatic heterocycles. The summed E-state index contributed by atoms with van der Waals surface area (Å²) in [6.07, 6.45) is 2.15. The molecule has 0 bridgehead atoms. The van der Waals surface area contributed by atoms with Gasteiger partial charge in [0.25, 0.3) is 0 Å². The fourth-order valence-electron chi connectivity index (χ4n) is 1.17. The smallest absolute Gasteiger partial charge is 0.148 e. The molecule has 1 aromatic rings. The van der Waals surface area contributed by atoms with Crippen molar-refractivity contribution in [3.05, 3.63) is 12.1 Å². The molecule has 0 fully saturated rings. The van der Waals surface area contributed by atoms with E-state index in [1.807, 2.05) is 18.4 Å². The van der Waals surface area contributed by atoms with E-state index in [4.69, 9.17) is 4.74 Å². The van der Waals surface area contributed by atoms with E-state index in [1.165, 1.54) is 0 Å². The highest BCUT2D eigenvalue weighted by Gasteiger charge is 2.03. The van der Waals surface area contributed by atoms with Crippen LogP contribution < -0.4 is 5.32 Å². The minimum atomic E-state index is -0.434. The lowest BCUT2D eigenvalue weighted by molar-refractivity contribution is 0.0615. The maximum Gasteiger partial charge on any atom is 0.148 e. The number of aliphatic hydroxyl groups excluding tert-OH is 1. The van der Waals surface area contributed by atoms with Crippen LogP contribution in [0.4, 0.5) is 5.82 Å². The second kappa shape index (κ2) is 7.43. The first-order valence-electron chi connectivity index (χ1n) is 5.05. The first kappa shape index (κ1) is 13.2. The van der Waals surface area contributed by atoms with Gasteiger partial charge < -0.3 is 15.2 Å². The minimum Gasteiger partial charge on any atom is -0.391 e. The second-order valence-corrected chi connectivity index (χ2v) is 4.11. The van der Waals surface area contributed by atoms with Gasteiger partial charge in [-0.2, -0.15) is 0 Å². The van der Waals surface area contributed by atoms with Gasteiger partial charge in [0.1, 0.15) is 10.8 Å². The van der Waals surface area contributed by atoms with Crippen molar-refractivity contribution in [3.63, 3.8) is 0 Å². The number of aromatic nitrogens is 2. The molecule has 0 saturated heterocycles. The molecule has 0 aromatic carbocycles. The molecule has 1 atom stereocenters. The molecule has 1 rings (SSSR count). The first-order chi connectivity index (χ1) is 7.76. The molecule has 5 nitrogen and oxygen atoms in total. The van der Waals surface area contributed by atoms with Crippen molar-refractivity contribution in [1.82, 2.24) is 10.2 Å². The Hall–Kier alpha value is -0.850. The topological polar surface area (TPSA) is 67.3 Å². The largest absolute Gasteiger partial charge is 0.391 e. The summed E-state index contributed by atoms with van der Waals surface area (Å²) >= 11 is 1.55. The van der Waals surface area contributed by atoms with Gasteiger partial charge in [-0.25, -0.2) is 0 Å². The van der Waals surface area contributed by atoms with Crippen molar-refractivity contribution in [2.24, 2.45) is 0 Å². The molecule has 90 valence electrons. The summed E-state index contributed by atoms with van der Waals surface area (Å²) in [6, 6.07) is 3.78. The zero-order valence-corrected chi connectivity index (χ0v) is 10.3. The van der Waals surface area contributed by atoms with Crippen LogP contribution in [-0.4, -0.2) is 47.9 Å². The molecule has 2 N–H and O–H groups in total. The Balaban J connectivity index is 2.26. The molecule has 16 heavy (non-hydrogen) atoms. The molecule has 0 aliphatic carbocycles. The van der Waals surface area contributed by atoms with Crippen molar-refractivity contribution in [3.8, 4) is 0 Å². The van der Waals surface area contributed by atoms with Gasteiger partial charge in [0.2, 0.25) is 0 Å². The van der Waals surface area contributed by atoms with Gasteiger partial charge in [0.15, 0.2) is 0 Å². The number of ether oxygens (including phenoxy) is 1. The van der Waals surface area contributed by atoms with Crippen LogP contribution in [0, 0.1) is 0 Å². The van der Waals surface area contributed by atoms with Crippen molar-refractivity contribution in [2.75, 3.05) is 31.8 Å². The number of nitrogens with one attached hydrogen (secondary N) is 1. The van der Waals surface area contributed by atoms with Gasteiger partial charge >= 0.3 is 0 Å². The average molecular weight is 243 g/mol. The van der Waals surface area contributed by atoms with Crippen molar-refractivity contribution in [1.29, 1.82) is 0 Å². The van der Waals surface area contributed by atoms with Gasteiger partial charge in [-0.1, -0.05) is 0 Å². The van der Waals surface area contributed by atoms with E-state index in [9.17, 15) is 5.11 Å². The molecule has 0 spiro atoms. The zero-order valence-electron chi connectivity index (χ0n) is 9.51. The number of hydrogen-bond acceptors (Lipinski definition) is 6. The summed E-state index contributed by atoms with van der Waals surface area (Å²) < 4.78 is 4.83. The quantitative estimate of drug-likeness (QED) is 0.697. The Labute approximate surface area is 99.6 Å². The first-order valence-corrected chi connectivity index (χ1v) is 6.27. The summed E-state index contributed by atoms with van der Waals surface area (Å²) in [5, 5.41) is 21.4. The third-order valence-electron chi connectivity index (χ3n) is 1.99. The number of nitrogens with zero attached hydrogens (tertiary/aromatic N) is 2. The average Bonchev–Trinajstić information content (AvgIpc) is 2.30. The zero-order chi connectivity index (χ0) is 11.8. The number of rotatable bonds is 7. The van der Waals surface area contributed by atoms with E-state index in [0.717, 1.165) is 10.8 Å². The number of hydrogen-bond donors (Lipinski definition) is 2. The van der Waals surface area contributed by atoms with Crippen LogP contribution >= 0.6 is 11.8 Å². The number of aliphatic hydroxyl groups is 1. The maximum absolute atomic E-state index is 9.40. The summed E-state index contributed by atoms with van der Waals surface area (Å²) in [5.74, 6) is 0.724. The lowest BCUT2D eigenvalue weighted by atomic mass is 10.2. The lowest BCUT2D eigenvalue weighted by Gasteiger charge is -2.10. The van der Waals surface area contributed by atoms with Gasteiger partial charge in [-0.3, -0.25) is 0 Å². The van der Waals surface area contributed by atoms with Crippen LogP contribution in [0.3, 0.4) is 0 Å². The standard InChI is InChI=1S/C10H17N3O2S/c1-15-7-8(14)5-6-11-9-3-4-10(16-2)13-12-9/h3-4,8,14H,5-7H2,1-2H3,(H,11,12). The monoisotopic (exact) mass is 243 g/mol. The number of thioether (sulfide) groups is 1. The van der Waals surface area contributed by atoms with Crippen LogP contribution in [0.5, 0.6) is 0 Å². The van der Waals surface area contributed by atoms with Crippen LogP contribution in [-0.2, 0) is 4.74 Å². The van der Waals surface area contributed by atoms with E-state index >= 15 is 0 Å². The fourth-order valence-corrected chi connectivity index (χ4v) is 1.49. The van der Waals surface area contributed by atoms with E-state index < -0.39 is 6.10 Å². The highest BCUT2D eigenvalue weighted by molar-refractivity contribution is 7.98. The summed E-state index contributed by atoms with van der Waals surface area (Å²) in [4.78, 5) is 0. The van der Waals surface area contributed by atoms with E-state index in [1.54, 1.807) is 18.9 Å². The molecule has 0 amide bonds. The SMILES string of the molecule is COCC(O)CCNc1ccc(SC)nn1. The van der Waals surface area contributed by atoms with Crippen LogP contribution in [0.15, 0.2) is 17.2 Å². The molecule has 1 aromatic heterocycles. The Morgan fingerprint density at radius 2 is 2.31 bits per heavy atom. The van der Waals surface area contributed by atoms with Crippen LogP contribution in [0.25, 0.3) is 0 Å². The molecule has 0 radical (unpaired) electrons. The van der Waals surface area contributed by atoms with Gasteiger partial charge in [-0.15, -0.1) is 22.0 Å². The van der Waals surface area contributed by atoms with E-state index in [-0.39, 0.29) is 0 Å². The maximum atomic E-state index is 9.40. The third-order valence-corrected chi connectivity index (χ3v) is 2.63. The predicted octanol–water partition coefficient (Wildman–Crippen LogP) is 1.01. The van der Waals surface area contributed by atoms with Crippen molar-refractivity contribution < 1.29 is 9.84 Å². The van der Waals surface area contributed by atoms with Crippen LogP contribution in [0.2, 0.25) is 0 Å². The molecule has 1 heterocycles. The predicted molar refractivity (Wildman–Crippen MR) is 64.8 cm³/mol. The third kappa shape index (κ3) is 4.78. The highest BCUT2D eigenvalue weighted by Crippen LogP contribution is 2.11. The second-order valence-electron chi connectivity index (χ2n) is 3.29. The molecule has 1 unspecified atom stereocenters. The van der Waals surface area contributed by atoms with E-state index in [2.05, 4.69) is 15.5 Å². The Morgan fingerprint density at radius 3 is 2.88 bits per heavy atom. The van der Waals surface area contributed by atoms with Crippen molar-refractivity contribution in [2.45, 2.75) is 17.6 Å². The number of anilines is 1. The van der Waals surface area contributed by atoms with E-state index in [0.29, 0.717) is 19.6 Å². The summed E-state index contributed by atoms with van der Waals surface area (Å²) in [5.41, 5.74) is 0. The van der Waals surface area contributed by atoms with Gasteiger partial charge in [0, 0.05) is 13.7 Å². The van der Waals surface area contributed by atoms with Crippen molar-refractivity contribution >= 4 is 17.6 Å². The van der Waals surface area contributed by atoms with Gasteiger partial charge in [0.05, 0.1) is 12.7 Å². The Bertz CT molecular complexity index is 295. The minimum absolute atomic E-state index is 0.360. The Morgan fingerprint density at radius 1 is 1.50 bits per heavy atom. The summed E-state index contributed by atoms with van der Waals surface area (Å²) in [7, 11) is 1.57. The molecular formula is C10H17N3O2S. The van der Waals surface area contributed by atoms with Crippen LogP contribution in [0.1, 0.15) is 6.42 Å². The molecule has 6 heteroatoms. The molecule has 0 aliphatic rings. The summed E-state index contributed by atoms with van der Waals surface area (Å²) in [6.45, 7) is 1.01.